The third-order valence-corrected chi connectivity index (χ3v) is 14.8. The zero-order valence-corrected chi connectivity index (χ0v) is 46.1. The van der Waals surface area contributed by atoms with E-state index in [9.17, 15) is 19.4 Å². The van der Waals surface area contributed by atoms with Crippen molar-refractivity contribution in [1.82, 2.24) is 5.32 Å². The Hall–Kier alpha value is -0.500. The lowest BCUT2D eigenvalue weighted by molar-refractivity contribution is -0.870. The Morgan fingerprint density at radius 2 is 0.727 bits per heavy atom. The standard InChI is InChI=1S/C57H117N2O6P/c1-6-8-10-12-14-16-18-20-22-24-25-26-27-28-29-30-31-32-33-35-37-39-41-43-45-47-49-51-57(61)58-55(54-65-66(62,63)64-53-52-59(3,4)5)56(60)50-48-46-44-42-40-38-36-34-23-21-19-17-15-13-11-9-7-2/h55-56,60H,6-54H2,1-5H3,(H-,58,61,62,63)/p+1/t55-,56+/m0/s1. The number of hydrogen-bond donors (Lipinski definition) is 3. The van der Waals surface area contributed by atoms with Crippen LogP contribution in [0.4, 0.5) is 0 Å². The number of nitrogens with zero attached hydrogens (tertiary/aromatic N) is 1. The van der Waals surface area contributed by atoms with Gasteiger partial charge in [0.25, 0.3) is 0 Å². The number of amides is 1. The van der Waals surface area contributed by atoms with Crippen LogP contribution in [0.25, 0.3) is 0 Å². The predicted octanol–water partition coefficient (Wildman–Crippen LogP) is 17.7. The first kappa shape index (κ1) is 65.5. The Bertz CT molecular complexity index is 1040. The minimum Gasteiger partial charge on any atom is -0.391 e. The van der Waals surface area contributed by atoms with Crippen LogP contribution in [-0.2, 0) is 18.4 Å². The van der Waals surface area contributed by atoms with Crippen molar-refractivity contribution in [3.8, 4) is 0 Å². The summed E-state index contributed by atoms with van der Waals surface area (Å²) < 4.78 is 23.8. The molecule has 66 heavy (non-hydrogen) atoms. The minimum absolute atomic E-state index is 0.0791. The summed E-state index contributed by atoms with van der Waals surface area (Å²) in [6.07, 6.45) is 58.8. The number of rotatable bonds is 55. The average Bonchev–Trinajstić information content (AvgIpc) is 3.28. The van der Waals surface area contributed by atoms with E-state index in [-0.39, 0.29) is 19.1 Å². The number of carbonyl (C=O) groups excluding carboxylic acids is 1. The minimum atomic E-state index is -4.32. The summed E-state index contributed by atoms with van der Waals surface area (Å²) in [6.45, 7) is 4.95. The van der Waals surface area contributed by atoms with E-state index >= 15 is 0 Å². The third kappa shape index (κ3) is 51.4. The van der Waals surface area contributed by atoms with Gasteiger partial charge < -0.3 is 19.8 Å². The molecule has 0 bridgehead atoms. The lowest BCUT2D eigenvalue weighted by Crippen LogP contribution is -2.46. The number of hydrogen-bond acceptors (Lipinski definition) is 5. The molecular formula is C57H118N2O6P+. The Morgan fingerprint density at radius 3 is 1.02 bits per heavy atom. The lowest BCUT2D eigenvalue weighted by atomic mass is 10.0. The van der Waals surface area contributed by atoms with Gasteiger partial charge in [0.15, 0.2) is 0 Å². The van der Waals surface area contributed by atoms with Gasteiger partial charge >= 0.3 is 7.82 Å². The molecular weight excluding hydrogens is 840 g/mol. The topological polar surface area (TPSA) is 105 Å². The predicted molar refractivity (Wildman–Crippen MR) is 286 cm³/mol. The Balaban J connectivity index is 4.06. The molecule has 396 valence electrons. The van der Waals surface area contributed by atoms with E-state index in [0.717, 1.165) is 38.5 Å². The smallest absolute Gasteiger partial charge is 0.391 e. The molecule has 0 heterocycles. The van der Waals surface area contributed by atoms with Crippen LogP contribution in [0.5, 0.6) is 0 Å². The van der Waals surface area contributed by atoms with Gasteiger partial charge in [-0.05, 0) is 12.8 Å². The number of aliphatic hydroxyl groups excluding tert-OH is 1. The molecule has 0 aromatic rings. The maximum absolute atomic E-state index is 13.0. The van der Waals surface area contributed by atoms with Crippen LogP contribution >= 0.6 is 7.82 Å². The van der Waals surface area contributed by atoms with E-state index in [1.807, 2.05) is 21.1 Å². The summed E-state index contributed by atoms with van der Waals surface area (Å²) in [5.41, 5.74) is 0. The maximum Gasteiger partial charge on any atom is 0.472 e. The van der Waals surface area contributed by atoms with Crippen LogP contribution in [0.15, 0.2) is 0 Å². The van der Waals surface area contributed by atoms with Gasteiger partial charge in [-0.2, -0.15) is 0 Å². The summed E-state index contributed by atoms with van der Waals surface area (Å²) in [6, 6.07) is -0.755. The van der Waals surface area contributed by atoms with Crippen LogP contribution in [0.1, 0.15) is 309 Å². The highest BCUT2D eigenvalue weighted by atomic mass is 31.2. The van der Waals surface area contributed by atoms with E-state index < -0.39 is 20.0 Å². The van der Waals surface area contributed by atoms with Crippen molar-refractivity contribution in [3.05, 3.63) is 0 Å². The quantitative estimate of drug-likeness (QED) is 0.0319. The van der Waals surface area contributed by atoms with Gasteiger partial charge in [-0.3, -0.25) is 13.8 Å². The fraction of sp³-hybridized carbons (Fsp3) is 0.982. The van der Waals surface area contributed by atoms with Gasteiger partial charge in [-0.25, -0.2) is 4.57 Å². The normalized spacial score (nSPS) is 13.9. The van der Waals surface area contributed by atoms with Gasteiger partial charge in [0.1, 0.15) is 13.2 Å². The van der Waals surface area contributed by atoms with E-state index in [0.29, 0.717) is 23.9 Å². The second-order valence-electron chi connectivity index (χ2n) is 21.7. The monoisotopic (exact) mass is 958 g/mol. The fourth-order valence-electron chi connectivity index (χ4n) is 9.23. The largest absolute Gasteiger partial charge is 0.472 e. The average molecular weight is 959 g/mol. The number of phosphoric ester groups is 1. The number of carbonyl (C=O) groups is 1. The van der Waals surface area contributed by atoms with E-state index in [4.69, 9.17) is 9.05 Å². The molecule has 0 saturated heterocycles. The molecule has 0 aromatic heterocycles. The molecule has 0 aliphatic heterocycles. The Morgan fingerprint density at radius 1 is 0.455 bits per heavy atom. The molecule has 3 N–H and O–H groups in total. The van der Waals surface area contributed by atoms with Crippen molar-refractivity contribution in [2.75, 3.05) is 40.9 Å². The molecule has 0 rings (SSSR count). The number of likely N-dealkylation sites (N-methyl/N-ethyl adjacent to an activating group) is 1. The second-order valence-corrected chi connectivity index (χ2v) is 23.2. The first-order valence-corrected chi connectivity index (χ1v) is 30.9. The molecule has 8 nitrogen and oxygen atoms in total. The van der Waals surface area contributed by atoms with Crippen molar-refractivity contribution < 1.29 is 32.9 Å². The van der Waals surface area contributed by atoms with Crippen molar-refractivity contribution in [3.63, 3.8) is 0 Å². The third-order valence-electron chi connectivity index (χ3n) is 13.9. The SMILES string of the molecule is CCCCCCCCCCCCCCCCCCCCCCCCCCCCCC(=O)N[C@@H](COP(=O)(O)OCC[N+](C)(C)C)[C@H](O)CCCCCCCCCCCCCCCCCCC. The Labute approximate surface area is 412 Å². The molecule has 1 unspecified atom stereocenters. The summed E-state index contributed by atoms with van der Waals surface area (Å²) in [5.74, 6) is -0.136. The molecule has 0 fully saturated rings. The molecule has 0 aliphatic rings. The molecule has 0 aliphatic carbocycles. The van der Waals surface area contributed by atoms with Gasteiger partial charge in [-0.1, -0.05) is 290 Å². The van der Waals surface area contributed by atoms with E-state index in [2.05, 4.69) is 19.2 Å². The van der Waals surface area contributed by atoms with Crippen LogP contribution in [0, 0.1) is 0 Å². The fourth-order valence-corrected chi connectivity index (χ4v) is 9.96. The highest BCUT2D eigenvalue weighted by molar-refractivity contribution is 7.47. The van der Waals surface area contributed by atoms with Crippen molar-refractivity contribution in [2.24, 2.45) is 0 Å². The number of phosphoric acid groups is 1. The number of aliphatic hydroxyl groups is 1. The number of nitrogens with one attached hydrogen (secondary N) is 1. The Kier molecular flexibility index (Phi) is 49.1. The first-order valence-electron chi connectivity index (χ1n) is 29.4. The van der Waals surface area contributed by atoms with Crippen molar-refractivity contribution >= 4 is 13.7 Å². The van der Waals surface area contributed by atoms with Crippen LogP contribution in [-0.4, -0.2) is 73.4 Å². The highest BCUT2D eigenvalue weighted by Gasteiger charge is 2.28. The second kappa shape index (κ2) is 49.5. The molecule has 0 aromatic carbocycles. The molecule has 0 saturated carbocycles. The van der Waals surface area contributed by atoms with E-state index in [1.54, 1.807) is 0 Å². The molecule has 9 heteroatoms. The molecule has 0 spiro atoms. The lowest BCUT2D eigenvalue weighted by Gasteiger charge is -2.26. The zero-order chi connectivity index (χ0) is 48.5. The van der Waals surface area contributed by atoms with Gasteiger partial charge in [0, 0.05) is 6.42 Å². The highest BCUT2D eigenvalue weighted by Crippen LogP contribution is 2.43. The summed E-state index contributed by atoms with van der Waals surface area (Å²) in [7, 11) is 1.64. The molecule has 3 atom stereocenters. The van der Waals surface area contributed by atoms with Crippen molar-refractivity contribution in [2.45, 2.75) is 321 Å². The summed E-state index contributed by atoms with van der Waals surface area (Å²) in [5, 5.41) is 14.1. The van der Waals surface area contributed by atoms with Crippen molar-refractivity contribution in [1.29, 1.82) is 0 Å². The van der Waals surface area contributed by atoms with Crippen LogP contribution in [0.2, 0.25) is 0 Å². The van der Waals surface area contributed by atoms with E-state index in [1.165, 1.54) is 244 Å². The zero-order valence-electron chi connectivity index (χ0n) is 45.2. The maximum atomic E-state index is 13.0. The number of quaternary nitrogens is 1. The molecule has 1 amide bonds. The summed E-state index contributed by atoms with van der Waals surface area (Å²) in [4.78, 5) is 23.3. The molecule has 0 radical (unpaired) electrons. The van der Waals surface area contributed by atoms with Gasteiger partial charge in [-0.15, -0.1) is 0 Å². The van der Waals surface area contributed by atoms with Crippen LogP contribution in [0.3, 0.4) is 0 Å². The summed E-state index contributed by atoms with van der Waals surface area (Å²) >= 11 is 0. The van der Waals surface area contributed by atoms with Gasteiger partial charge in [0.2, 0.25) is 5.91 Å². The number of unbranched alkanes of at least 4 members (excludes halogenated alkanes) is 42. The first-order chi connectivity index (χ1) is 32.0. The van der Waals surface area contributed by atoms with Crippen LogP contribution < -0.4 is 5.32 Å². The van der Waals surface area contributed by atoms with Gasteiger partial charge in [0.05, 0.1) is 39.9 Å².